The molecule has 0 aliphatic heterocycles. The van der Waals surface area contributed by atoms with Gasteiger partial charge >= 0.3 is 6.18 Å². The summed E-state index contributed by atoms with van der Waals surface area (Å²) in [4.78, 5) is 17.1. The molecular weight excluding hydrogens is 421 g/mol. The lowest BCUT2D eigenvalue weighted by Crippen LogP contribution is -2.17. The fourth-order valence-electron chi connectivity index (χ4n) is 2.96. The second-order valence-corrected chi connectivity index (χ2v) is 6.97. The Balaban J connectivity index is 2.02. The average molecular weight is 440 g/mol. The third-order valence-corrected chi connectivity index (χ3v) is 4.75. The zero-order chi connectivity index (χ0) is 23.5. The molecule has 6 nitrogen and oxygen atoms in total. The maximum Gasteiger partial charge on any atom is 0.416 e. The average Bonchev–Trinajstić information content (AvgIpc) is 2.76. The maximum absolute atomic E-state index is 13.3. The first-order valence-electron chi connectivity index (χ1n) is 9.44. The van der Waals surface area contributed by atoms with E-state index >= 15 is 0 Å². The van der Waals surface area contributed by atoms with Crippen LogP contribution in [0.2, 0.25) is 0 Å². The number of nitrogens with zero attached hydrogens (tertiary/aromatic N) is 2. The van der Waals surface area contributed by atoms with Crippen molar-refractivity contribution in [3.63, 3.8) is 0 Å². The number of anilines is 3. The monoisotopic (exact) mass is 440 g/mol. The number of hydrogen-bond acceptors (Lipinski definition) is 5. The Bertz CT molecular complexity index is 1220. The highest BCUT2D eigenvalue weighted by Crippen LogP contribution is 2.34. The van der Waals surface area contributed by atoms with E-state index in [4.69, 9.17) is 10.00 Å². The van der Waals surface area contributed by atoms with Crippen molar-refractivity contribution < 1.29 is 22.7 Å². The number of nitriles is 1. The van der Waals surface area contributed by atoms with Crippen molar-refractivity contribution in [1.29, 1.82) is 5.26 Å². The molecule has 0 spiro atoms. The number of aromatic nitrogens is 1. The van der Waals surface area contributed by atoms with Crippen molar-refractivity contribution in [3.05, 3.63) is 76.5 Å². The highest BCUT2D eigenvalue weighted by Gasteiger charge is 2.32. The van der Waals surface area contributed by atoms with Crippen LogP contribution in [0.15, 0.2) is 48.5 Å². The Morgan fingerprint density at radius 3 is 2.38 bits per heavy atom. The van der Waals surface area contributed by atoms with Crippen LogP contribution in [0.4, 0.5) is 30.2 Å². The van der Waals surface area contributed by atoms with Gasteiger partial charge < -0.3 is 15.4 Å². The van der Waals surface area contributed by atoms with Crippen LogP contribution < -0.4 is 15.4 Å². The highest BCUT2D eigenvalue weighted by atomic mass is 19.4. The fraction of sp³-hybridized carbons (Fsp3) is 0.174. The Hall–Kier alpha value is -4.06. The predicted molar refractivity (Wildman–Crippen MR) is 114 cm³/mol. The van der Waals surface area contributed by atoms with Gasteiger partial charge in [0.1, 0.15) is 0 Å². The lowest BCUT2D eigenvalue weighted by molar-refractivity contribution is -0.137. The smallest absolute Gasteiger partial charge is 0.416 e. The molecule has 32 heavy (non-hydrogen) atoms. The molecule has 0 saturated carbocycles. The molecule has 2 aromatic carbocycles. The van der Waals surface area contributed by atoms with Crippen LogP contribution in [-0.2, 0) is 6.18 Å². The van der Waals surface area contributed by atoms with Gasteiger partial charge in [-0.3, -0.25) is 4.79 Å². The first-order valence-corrected chi connectivity index (χ1v) is 9.44. The minimum atomic E-state index is -4.62. The number of carbonyl (C=O) groups excluding carboxylic acids is 1. The summed E-state index contributed by atoms with van der Waals surface area (Å²) in [5.74, 6) is -0.405. The highest BCUT2D eigenvalue weighted by molar-refractivity contribution is 6.09. The zero-order valence-electron chi connectivity index (χ0n) is 17.5. The van der Waals surface area contributed by atoms with Gasteiger partial charge in [-0.2, -0.15) is 18.4 Å². The quantitative estimate of drug-likeness (QED) is 0.540. The molecule has 0 fully saturated rings. The second-order valence-electron chi connectivity index (χ2n) is 6.97. The Labute approximate surface area is 182 Å². The number of aryl methyl sites for hydroxylation is 2. The maximum atomic E-state index is 13.3. The standard InChI is InChI=1S/C23H19F3N4O2/c1-13-4-5-15(12-27)10-20(13)29-19-7-6-16(23(24,25)26)11-17(19)22(31)30-18-8-9-21(32-3)28-14(18)2/h4-11,29H,1-3H3,(H,30,31). The molecule has 0 aliphatic rings. The number of nitrogens with one attached hydrogen (secondary N) is 2. The van der Waals surface area contributed by atoms with Crippen molar-refractivity contribution in [2.45, 2.75) is 20.0 Å². The van der Waals surface area contributed by atoms with Gasteiger partial charge in [0.05, 0.1) is 46.9 Å². The van der Waals surface area contributed by atoms with Crippen molar-refractivity contribution in [2.75, 3.05) is 17.7 Å². The van der Waals surface area contributed by atoms with Gasteiger partial charge in [-0.05, 0) is 55.8 Å². The van der Waals surface area contributed by atoms with Crippen molar-refractivity contribution in [2.24, 2.45) is 0 Å². The van der Waals surface area contributed by atoms with Gasteiger partial charge in [0, 0.05) is 11.8 Å². The summed E-state index contributed by atoms with van der Waals surface area (Å²) >= 11 is 0. The number of benzene rings is 2. The van der Waals surface area contributed by atoms with Crippen LogP contribution in [0.25, 0.3) is 0 Å². The van der Waals surface area contributed by atoms with E-state index in [1.54, 1.807) is 38.1 Å². The van der Waals surface area contributed by atoms with Gasteiger partial charge in [-0.25, -0.2) is 4.98 Å². The zero-order valence-corrected chi connectivity index (χ0v) is 17.5. The number of carbonyl (C=O) groups is 1. The number of rotatable bonds is 5. The van der Waals surface area contributed by atoms with Crippen LogP contribution in [0.5, 0.6) is 5.88 Å². The lowest BCUT2D eigenvalue weighted by atomic mass is 10.1. The molecule has 164 valence electrons. The topological polar surface area (TPSA) is 87.0 Å². The number of amides is 1. The van der Waals surface area contributed by atoms with Crippen LogP contribution in [0.3, 0.4) is 0 Å². The van der Waals surface area contributed by atoms with Gasteiger partial charge in [0.2, 0.25) is 5.88 Å². The van der Waals surface area contributed by atoms with E-state index in [0.717, 1.165) is 17.7 Å². The summed E-state index contributed by atoms with van der Waals surface area (Å²) in [6.45, 7) is 3.42. The van der Waals surface area contributed by atoms with E-state index in [1.807, 2.05) is 6.07 Å². The number of ether oxygens (including phenoxy) is 1. The van der Waals surface area contributed by atoms with E-state index < -0.39 is 17.6 Å². The normalized spacial score (nSPS) is 10.9. The third-order valence-electron chi connectivity index (χ3n) is 4.75. The molecule has 3 rings (SSSR count). The third kappa shape index (κ3) is 4.98. The van der Waals surface area contributed by atoms with Crippen molar-refractivity contribution >= 4 is 23.0 Å². The van der Waals surface area contributed by atoms with Gasteiger partial charge in [0.25, 0.3) is 5.91 Å². The van der Waals surface area contributed by atoms with Gasteiger partial charge in [0.15, 0.2) is 0 Å². The molecule has 0 radical (unpaired) electrons. The molecule has 0 atom stereocenters. The number of pyridine rings is 1. The van der Waals surface area contributed by atoms with Crippen molar-refractivity contribution in [1.82, 2.24) is 4.98 Å². The van der Waals surface area contributed by atoms with E-state index in [2.05, 4.69) is 15.6 Å². The summed E-state index contributed by atoms with van der Waals surface area (Å²) in [5.41, 5.74) is 1.39. The number of hydrogen-bond donors (Lipinski definition) is 2. The fourth-order valence-corrected chi connectivity index (χ4v) is 2.96. The molecule has 0 unspecified atom stereocenters. The minimum Gasteiger partial charge on any atom is -0.481 e. The molecule has 3 aromatic rings. The molecule has 1 heterocycles. The summed E-state index contributed by atoms with van der Waals surface area (Å²) in [6, 6.07) is 12.9. The minimum absolute atomic E-state index is 0.160. The summed E-state index contributed by atoms with van der Waals surface area (Å²) in [7, 11) is 1.45. The summed E-state index contributed by atoms with van der Waals surface area (Å²) < 4.78 is 45.0. The van der Waals surface area contributed by atoms with Gasteiger partial charge in [-0.1, -0.05) is 6.07 Å². The molecule has 0 aliphatic carbocycles. The Morgan fingerprint density at radius 2 is 1.75 bits per heavy atom. The molecule has 2 N–H and O–H groups in total. The number of alkyl halides is 3. The molecule has 0 saturated heterocycles. The largest absolute Gasteiger partial charge is 0.481 e. The van der Waals surface area contributed by atoms with Crippen LogP contribution in [-0.4, -0.2) is 18.0 Å². The molecule has 1 amide bonds. The molecule has 9 heteroatoms. The second kappa shape index (κ2) is 8.98. The number of methoxy groups -OCH3 is 1. The van der Waals surface area contributed by atoms with E-state index in [1.165, 1.54) is 19.2 Å². The van der Waals surface area contributed by atoms with Crippen LogP contribution in [0.1, 0.15) is 32.7 Å². The first kappa shape index (κ1) is 22.6. The van der Waals surface area contributed by atoms with Crippen LogP contribution in [0, 0.1) is 25.2 Å². The molecule has 1 aromatic heterocycles. The molecule has 0 bridgehead atoms. The van der Waals surface area contributed by atoms with Gasteiger partial charge in [-0.15, -0.1) is 0 Å². The van der Waals surface area contributed by atoms with E-state index in [-0.39, 0.29) is 11.3 Å². The summed E-state index contributed by atoms with van der Waals surface area (Å²) in [5, 5.41) is 14.7. The first-order chi connectivity index (χ1) is 15.1. The Morgan fingerprint density at radius 1 is 1.03 bits per heavy atom. The predicted octanol–water partition coefficient (Wildman–Crippen LogP) is 5.59. The van der Waals surface area contributed by atoms with E-state index in [9.17, 15) is 18.0 Å². The van der Waals surface area contributed by atoms with Crippen molar-refractivity contribution in [3.8, 4) is 11.9 Å². The molecular formula is C23H19F3N4O2. The number of halogens is 3. The lowest BCUT2D eigenvalue weighted by Gasteiger charge is -2.17. The summed E-state index contributed by atoms with van der Waals surface area (Å²) in [6.07, 6.45) is -4.62. The Kier molecular flexibility index (Phi) is 6.35. The van der Waals surface area contributed by atoms with E-state index in [0.29, 0.717) is 28.5 Å². The van der Waals surface area contributed by atoms with Crippen LogP contribution >= 0.6 is 0 Å². The SMILES string of the molecule is COc1ccc(NC(=O)c2cc(C(F)(F)F)ccc2Nc2cc(C#N)ccc2C)c(C)n1.